The van der Waals surface area contributed by atoms with E-state index in [-0.39, 0.29) is 63.5 Å². The Morgan fingerprint density at radius 1 is 0.931 bits per heavy atom. The molecule has 0 spiro atoms. The number of carbonyl (C=O) groups is 4. The van der Waals surface area contributed by atoms with Crippen LogP contribution in [0.3, 0.4) is 0 Å². The summed E-state index contributed by atoms with van der Waals surface area (Å²) in [6.45, 7) is 11.5. The number of rotatable bonds is 9. The third kappa shape index (κ3) is 9.50. The minimum Gasteiger partial charge on any atom is -0.339 e. The lowest BCUT2D eigenvalue weighted by atomic mass is 9.94. The van der Waals surface area contributed by atoms with Gasteiger partial charge in [0.25, 0.3) is 11.8 Å². The quantitative estimate of drug-likeness (QED) is 0.195. The van der Waals surface area contributed by atoms with Crippen LogP contribution in [-0.2, 0) is 18.4 Å². The molecular weight excluding hydrogens is 770 g/mol. The first-order chi connectivity index (χ1) is 27.3. The Hall–Kier alpha value is -5.35. The van der Waals surface area contributed by atoms with E-state index in [9.17, 15) is 19.2 Å². The fraction of sp³-hybridized carbons (Fsp3) is 0.463. The number of benzene rings is 2. The Bertz CT molecular complexity index is 2210. The molecule has 4 aromatic rings. The molecule has 2 aromatic heterocycles. The molecule has 6 rings (SSSR count). The Kier molecular flexibility index (Phi) is 12.3. The molecule has 4 heterocycles. The number of carbonyl (C=O) groups excluding carboxylic acids is 4. The maximum Gasteiger partial charge on any atom is 0.315 e. The number of urea groups is 1. The standard InChI is InChI=1S/C41H51ClF2N10O4/c1-25-31(24-53(49-25)15-14-45-40(58)48-41(2,3)4)28-10-11-30(35(44)34(28)43)33-23-46-36(50(33)5)37(55)47-27-8-9-29(32(42)22-27)39(57)52-18-16-51(17-19-52)38(56)26-12-20-54(6,7)21-13-26/h8-11,22-24,26H,12-21H2,1-7H3,(H2-,45,47,48,55,57,58)/p+1. The topological polar surface area (TPSA) is 146 Å². The maximum absolute atomic E-state index is 15.7. The molecule has 2 aromatic carbocycles. The van der Waals surface area contributed by atoms with Crippen molar-refractivity contribution in [3.63, 3.8) is 0 Å². The highest BCUT2D eigenvalue weighted by Gasteiger charge is 2.35. The normalized spacial score (nSPS) is 16.0. The van der Waals surface area contributed by atoms with Gasteiger partial charge in [0.1, 0.15) is 0 Å². The van der Waals surface area contributed by atoms with Gasteiger partial charge in [-0.25, -0.2) is 18.6 Å². The van der Waals surface area contributed by atoms with Gasteiger partial charge in [-0.3, -0.25) is 19.1 Å². The summed E-state index contributed by atoms with van der Waals surface area (Å²) in [7, 11) is 5.88. The van der Waals surface area contributed by atoms with Crippen LogP contribution >= 0.6 is 11.6 Å². The maximum atomic E-state index is 15.7. The number of hydrogen-bond donors (Lipinski definition) is 3. The molecule has 5 amide bonds. The number of nitrogens with one attached hydrogen (secondary N) is 3. The van der Waals surface area contributed by atoms with Crippen molar-refractivity contribution in [1.29, 1.82) is 0 Å². The van der Waals surface area contributed by atoms with Crippen LogP contribution in [-0.4, -0.2) is 123 Å². The van der Waals surface area contributed by atoms with Crippen molar-refractivity contribution in [3.05, 3.63) is 76.5 Å². The molecule has 2 aliphatic rings. The summed E-state index contributed by atoms with van der Waals surface area (Å²) in [6, 6.07) is 7.12. The van der Waals surface area contributed by atoms with Gasteiger partial charge in [-0.15, -0.1) is 0 Å². The van der Waals surface area contributed by atoms with E-state index in [0.717, 1.165) is 30.4 Å². The highest BCUT2D eigenvalue weighted by Crippen LogP contribution is 2.33. The zero-order valence-electron chi connectivity index (χ0n) is 34.1. The van der Waals surface area contributed by atoms with Gasteiger partial charge < -0.3 is 34.8 Å². The number of quaternary nitrogens is 1. The Balaban J connectivity index is 1.06. The average molecular weight is 822 g/mol. The molecule has 58 heavy (non-hydrogen) atoms. The van der Waals surface area contributed by atoms with Gasteiger partial charge in [0.15, 0.2) is 17.5 Å². The minimum atomic E-state index is -1.12. The van der Waals surface area contributed by atoms with Crippen molar-refractivity contribution in [2.45, 2.75) is 52.6 Å². The lowest BCUT2D eigenvalue weighted by Gasteiger charge is -2.40. The molecule has 2 saturated heterocycles. The predicted octanol–water partition coefficient (Wildman–Crippen LogP) is 5.31. The first-order valence-electron chi connectivity index (χ1n) is 19.4. The molecule has 2 aliphatic heterocycles. The van der Waals surface area contributed by atoms with E-state index in [1.807, 2.05) is 25.7 Å². The number of imidazole rings is 1. The summed E-state index contributed by atoms with van der Waals surface area (Å²) in [5.74, 6) is -2.97. The van der Waals surface area contributed by atoms with E-state index >= 15 is 8.78 Å². The summed E-state index contributed by atoms with van der Waals surface area (Å²) < 4.78 is 35.2. The predicted molar refractivity (Wildman–Crippen MR) is 217 cm³/mol. The second-order valence-corrected chi connectivity index (χ2v) is 17.2. The van der Waals surface area contributed by atoms with E-state index in [4.69, 9.17) is 11.6 Å². The molecular formula is C41H52ClF2N10O4+. The van der Waals surface area contributed by atoms with Gasteiger partial charge >= 0.3 is 6.03 Å². The molecule has 2 fully saturated rings. The number of halogens is 3. The van der Waals surface area contributed by atoms with E-state index in [1.54, 1.807) is 28.8 Å². The fourth-order valence-corrected chi connectivity index (χ4v) is 7.68. The number of aryl methyl sites for hydroxylation is 1. The highest BCUT2D eigenvalue weighted by molar-refractivity contribution is 6.34. The zero-order valence-corrected chi connectivity index (χ0v) is 34.8. The molecule has 0 radical (unpaired) electrons. The molecule has 0 atom stereocenters. The van der Waals surface area contributed by atoms with Crippen LogP contribution in [0.15, 0.2) is 42.7 Å². The van der Waals surface area contributed by atoms with Gasteiger partial charge in [0.05, 0.1) is 61.9 Å². The smallest absolute Gasteiger partial charge is 0.315 e. The molecule has 310 valence electrons. The molecule has 3 N–H and O–H groups in total. The van der Waals surface area contributed by atoms with Crippen molar-refractivity contribution >= 4 is 41.0 Å². The monoisotopic (exact) mass is 821 g/mol. The van der Waals surface area contributed by atoms with Gasteiger partial charge in [-0.2, -0.15) is 5.10 Å². The van der Waals surface area contributed by atoms with E-state index in [2.05, 4.69) is 40.1 Å². The van der Waals surface area contributed by atoms with Crippen LogP contribution < -0.4 is 16.0 Å². The van der Waals surface area contributed by atoms with E-state index in [0.29, 0.717) is 49.7 Å². The minimum absolute atomic E-state index is 0.0122. The number of hydrogen-bond acceptors (Lipinski definition) is 6. The van der Waals surface area contributed by atoms with Crippen molar-refractivity contribution in [1.82, 2.24) is 39.8 Å². The van der Waals surface area contributed by atoms with Crippen LogP contribution in [0.5, 0.6) is 0 Å². The average Bonchev–Trinajstić information content (AvgIpc) is 3.72. The van der Waals surface area contributed by atoms with Crippen LogP contribution in [0.2, 0.25) is 5.02 Å². The molecule has 0 unspecified atom stereocenters. The fourth-order valence-electron chi connectivity index (χ4n) is 7.42. The van der Waals surface area contributed by atoms with E-state index in [1.165, 1.54) is 42.1 Å². The number of piperazine rings is 1. The molecule has 0 saturated carbocycles. The van der Waals surface area contributed by atoms with Crippen LogP contribution in [0.4, 0.5) is 19.3 Å². The zero-order chi connectivity index (χ0) is 42.1. The van der Waals surface area contributed by atoms with Gasteiger partial charge in [0, 0.05) is 92.6 Å². The van der Waals surface area contributed by atoms with Crippen molar-refractivity contribution in [2.24, 2.45) is 13.0 Å². The largest absolute Gasteiger partial charge is 0.339 e. The second kappa shape index (κ2) is 16.9. The van der Waals surface area contributed by atoms with Crippen LogP contribution in [0.1, 0.15) is 60.3 Å². The van der Waals surface area contributed by atoms with Crippen molar-refractivity contribution < 1.29 is 32.4 Å². The van der Waals surface area contributed by atoms with Crippen molar-refractivity contribution in [2.75, 3.05) is 65.2 Å². The molecule has 14 nitrogen and oxygen atoms in total. The number of likely N-dealkylation sites (tertiary alicyclic amines) is 1. The third-order valence-corrected chi connectivity index (χ3v) is 11.1. The number of nitrogens with zero attached hydrogens (tertiary/aromatic N) is 7. The SMILES string of the molecule is Cc1nn(CCNC(=O)NC(C)(C)C)cc1-c1ccc(-c2cnc(C(=O)Nc3ccc(C(=O)N4CCN(C(=O)C5CC[N+](C)(C)CC5)CC4)c(Cl)c3)n2C)c(F)c1F. The Morgan fingerprint density at radius 2 is 1.57 bits per heavy atom. The lowest BCUT2D eigenvalue weighted by molar-refractivity contribution is -0.895. The van der Waals surface area contributed by atoms with Crippen molar-refractivity contribution in [3.8, 4) is 22.4 Å². The third-order valence-electron chi connectivity index (χ3n) is 10.8. The number of aromatic nitrogens is 4. The highest BCUT2D eigenvalue weighted by atomic mass is 35.5. The summed E-state index contributed by atoms with van der Waals surface area (Å²) in [6.07, 6.45) is 4.62. The lowest BCUT2D eigenvalue weighted by Crippen LogP contribution is -2.54. The number of amides is 5. The van der Waals surface area contributed by atoms with Gasteiger partial charge in [-0.05, 0) is 52.0 Å². The molecule has 0 bridgehead atoms. The number of piperidine rings is 1. The molecule has 0 aliphatic carbocycles. The summed E-state index contributed by atoms with van der Waals surface area (Å²) in [5, 5.41) is 12.8. The first-order valence-corrected chi connectivity index (χ1v) is 19.8. The second-order valence-electron chi connectivity index (χ2n) is 16.8. The van der Waals surface area contributed by atoms with Crippen LogP contribution in [0, 0.1) is 24.5 Å². The Labute approximate surface area is 342 Å². The first kappa shape index (κ1) is 42.3. The molecule has 17 heteroatoms. The van der Waals surface area contributed by atoms with Crippen LogP contribution in [0.25, 0.3) is 22.4 Å². The van der Waals surface area contributed by atoms with Gasteiger partial charge in [-0.1, -0.05) is 17.7 Å². The summed E-state index contributed by atoms with van der Waals surface area (Å²) in [5.41, 5.74) is 1.15. The van der Waals surface area contributed by atoms with Gasteiger partial charge in [0.2, 0.25) is 5.91 Å². The number of anilines is 1. The van der Waals surface area contributed by atoms with E-state index < -0.39 is 23.1 Å². The summed E-state index contributed by atoms with van der Waals surface area (Å²) >= 11 is 6.56. The summed E-state index contributed by atoms with van der Waals surface area (Å²) in [4.78, 5) is 59.7. The Morgan fingerprint density at radius 3 is 2.22 bits per heavy atom.